The zero-order valence-electron chi connectivity index (χ0n) is 19.3. The summed E-state index contributed by atoms with van der Waals surface area (Å²) in [5.74, 6) is 0.299. The molecule has 5 heterocycles. The van der Waals surface area contributed by atoms with Crippen molar-refractivity contribution in [3.8, 4) is 11.3 Å². The zero-order valence-corrected chi connectivity index (χ0v) is 20.1. The minimum Gasteiger partial charge on any atom is -0.373 e. The summed E-state index contributed by atoms with van der Waals surface area (Å²) >= 11 is 6.02. The third-order valence-electron chi connectivity index (χ3n) is 7.00. The topological polar surface area (TPSA) is 69.9 Å². The molecule has 1 fully saturated rings. The molecule has 0 radical (unpaired) electrons. The molecular weight excluding hydrogens is 467 g/mol. The van der Waals surface area contributed by atoms with Gasteiger partial charge in [0.1, 0.15) is 17.2 Å². The molecule has 2 atom stereocenters. The van der Waals surface area contributed by atoms with Gasteiger partial charge in [-0.15, -0.1) is 0 Å². The van der Waals surface area contributed by atoms with Crippen LogP contribution in [0, 0.1) is 12.7 Å². The number of halogens is 2. The Hall–Kier alpha value is -3.16. The SMILES string of the molecule is Cc1cc(C2CC(c3cc4c(=O)n5c(nc4c(-c4ccc(Cl)cc4F)n3)CCC5)CCO2)ccn1. The molecule has 0 amide bonds. The molecular formula is C27H24ClFN4O2. The smallest absolute Gasteiger partial charge is 0.261 e. The average Bonchev–Trinajstić information content (AvgIpc) is 3.33. The summed E-state index contributed by atoms with van der Waals surface area (Å²) in [6.45, 7) is 3.18. The van der Waals surface area contributed by atoms with Gasteiger partial charge in [-0.3, -0.25) is 19.3 Å². The van der Waals surface area contributed by atoms with Crippen molar-refractivity contribution in [2.45, 2.75) is 51.2 Å². The van der Waals surface area contributed by atoms with E-state index < -0.39 is 5.82 Å². The maximum atomic E-state index is 15.1. The van der Waals surface area contributed by atoms with Crippen LogP contribution in [0.5, 0.6) is 0 Å². The molecule has 1 saturated heterocycles. The first kappa shape index (κ1) is 22.3. The van der Waals surface area contributed by atoms with Crippen LogP contribution >= 0.6 is 11.6 Å². The van der Waals surface area contributed by atoms with E-state index in [1.807, 2.05) is 25.1 Å². The highest BCUT2D eigenvalue weighted by atomic mass is 35.5. The molecule has 0 aliphatic carbocycles. The van der Waals surface area contributed by atoms with Gasteiger partial charge < -0.3 is 4.74 Å². The van der Waals surface area contributed by atoms with Crippen LogP contribution in [0.4, 0.5) is 4.39 Å². The van der Waals surface area contributed by atoms with Crippen LogP contribution in [-0.4, -0.2) is 26.1 Å². The Bertz CT molecular complexity index is 1520. The van der Waals surface area contributed by atoms with Gasteiger partial charge >= 0.3 is 0 Å². The molecule has 2 unspecified atom stereocenters. The van der Waals surface area contributed by atoms with E-state index in [2.05, 4.69) is 4.98 Å². The molecule has 35 heavy (non-hydrogen) atoms. The third-order valence-corrected chi connectivity index (χ3v) is 7.24. The maximum absolute atomic E-state index is 15.1. The van der Waals surface area contributed by atoms with Crippen molar-refractivity contribution in [3.63, 3.8) is 0 Å². The summed E-state index contributed by atoms with van der Waals surface area (Å²) in [5.41, 5.74) is 3.82. The van der Waals surface area contributed by atoms with E-state index in [0.717, 1.165) is 42.0 Å². The van der Waals surface area contributed by atoms with Crippen LogP contribution in [0.15, 0.2) is 47.4 Å². The highest BCUT2D eigenvalue weighted by Gasteiger charge is 2.29. The van der Waals surface area contributed by atoms with Gasteiger partial charge in [0, 0.05) is 53.7 Å². The van der Waals surface area contributed by atoms with Gasteiger partial charge in [0.25, 0.3) is 5.56 Å². The first-order valence-corrected chi connectivity index (χ1v) is 12.3. The standard InChI is InChI=1S/C27H24ClFN4O2/c1-15-11-17(6-8-30-15)23-12-16(7-10-35-23)22-14-20-26(32-24-3-2-9-33(24)27(20)34)25(31-22)19-5-4-18(28)13-21(19)29/h4-6,8,11,13-14,16,23H,2-3,7,9-10,12H2,1H3. The summed E-state index contributed by atoms with van der Waals surface area (Å²) in [4.78, 5) is 27.5. The van der Waals surface area contributed by atoms with Crippen molar-refractivity contribution in [1.29, 1.82) is 0 Å². The second kappa shape index (κ2) is 8.81. The summed E-state index contributed by atoms with van der Waals surface area (Å²) in [6.07, 6.45) is 4.77. The number of aryl methyl sites for hydroxylation is 2. The van der Waals surface area contributed by atoms with Crippen LogP contribution in [0.2, 0.25) is 5.02 Å². The molecule has 3 aromatic heterocycles. The van der Waals surface area contributed by atoms with Gasteiger partial charge in [-0.2, -0.15) is 0 Å². The minimum atomic E-state index is -0.483. The van der Waals surface area contributed by atoms with E-state index in [9.17, 15) is 4.79 Å². The Morgan fingerprint density at radius 3 is 2.89 bits per heavy atom. The number of pyridine rings is 2. The van der Waals surface area contributed by atoms with Crippen LogP contribution in [0.25, 0.3) is 22.2 Å². The highest BCUT2D eigenvalue weighted by Crippen LogP contribution is 2.39. The second-order valence-corrected chi connectivity index (χ2v) is 9.75. The molecule has 8 heteroatoms. The number of hydrogen-bond donors (Lipinski definition) is 0. The Morgan fingerprint density at radius 2 is 2.06 bits per heavy atom. The van der Waals surface area contributed by atoms with Crippen LogP contribution in [0.1, 0.15) is 54.1 Å². The number of rotatable bonds is 3. The van der Waals surface area contributed by atoms with Gasteiger partial charge in [0.15, 0.2) is 0 Å². The molecule has 0 bridgehead atoms. The number of nitrogens with zero attached hydrogens (tertiary/aromatic N) is 4. The first-order valence-electron chi connectivity index (χ1n) is 11.9. The van der Waals surface area contributed by atoms with Gasteiger partial charge in [-0.1, -0.05) is 11.6 Å². The van der Waals surface area contributed by atoms with Crippen molar-refractivity contribution >= 4 is 22.5 Å². The number of aromatic nitrogens is 4. The van der Waals surface area contributed by atoms with E-state index in [-0.39, 0.29) is 17.6 Å². The summed E-state index contributed by atoms with van der Waals surface area (Å²) < 4.78 is 22.9. The average molecular weight is 491 g/mol. The van der Waals surface area contributed by atoms with E-state index in [1.165, 1.54) is 6.07 Å². The Labute approximate surface area is 206 Å². The fourth-order valence-electron chi connectivity index (χ4n) is 5.25. The number of benzene rings is 1. The van der Waals surface area contributed by atoms with Crippen molar-refractivity contribution in [3.05, 3.63) is 86.6 Å². The summed E-state index contributed by atoms with van der Waals surface area (Å²) in [6, 6.07) is 10.4. The van der Waals surface area contributed by atoms with Crippen LogP contribution < -0.4 is 5.56 Å². The lowest BCUT2D eigenvalue weighted by Gasteiger charge is -2.30. The summed E-state index contributed by atoms with van der Waals surface area (Å²) in [5, 5.41) is 0.786. The first-order chi connectivity index (χ1) is 17.0. The number of hydrogen-bond acceptors (Lipinski definition) is 5. The molecule has 6 nitrogen and oxygen atoms in total. The van der Waals surface area contributed by atoms with E-state index >= 15 is 4.39 Å². The Balaban J connectivity index is 1.51. The van der Waals surface area contributed by atoms with E-state index in [0.29, 0.717) is 46.8 Å². The fourth-order valence-corrected chi connectivity index (χ4v) is 5.41. The van der Waals surface area contributed by atoms with Gasteiger partial charge in [-0.05, 0) is 68.1 Å². The quantitative estimate of drug-likeness (QED) is 0.377. The molecule has 0 saturated carbocycles. The molecule has 178 valence electrons. The van der Waals surface area contributed by atoms with E-state index in [1.54, 1.807) is 22.9 Å². The fraction of sp³-hybridized carbons (Fsp3) is 0.333. The predicted molar refractivity (Wildman–Crippen MR) is 132 cm³/mol. The maximum Gasteiger partial charge on any atom is 0.261 e. The van der Waals surface area contributed by atoms with Gasteiger partial charge in [0.05, 0.1) is 17.2 Å². The molecule has 4 aromatic rings. The second-order valence-electron chi connectivity index (χ2n) is 9.32. The Morgan fingerprint density at radius 1 is 1.17 bits per heavy atom. The summed E-state index contributed by atoms with van der Waals surface area (Å²) in [7, 11) is 0. The number of ether oxygens (including phenoxy) is 1. The Kier molecular flexibility index (Phi) is 5.61. The van der Waals surface area contributed by atoms with Crippen molar-refractivity contribution in [2.24, 2.45) is 0 Å². The van der Waals surface area contributed by atoms with E-state index in [4.69, 9.17) is 26.3 Å². The van der Waals surface area contributed by atoms with Crippen molar-refractivity contribution in [1.82, 2.24) is 19.5 Å². The number of fused-ring (bicyclic) bond motifs is 2. The lowest BCUT2D eigenvalue weighted by Crippen LogP contribution is -2.23. The van der Waals surface area contributed by atoms with Crippen molar-refractivity contribution < 1.29 is 9.13 Å². The molecule has 2 aliphatic heterocycles. The molecule has 6 rings (SSSR count). The molecule has 0 N–H and O–H groups in total. The molecule has 0 spiro atoms. The van der Waals surface area contributed by atoms with Gasteiger partial charge in [0.2, 0.25) is 0 Å². The van der Waals surface area contributed by atoms with Crippen molar-refractivity contribution in [2.75, 3.05) is 6.61 Å². The lowest BCUT2D eigenvalue weighted by atomic mass is 9.88. The lowest BCUT2D eigenvalue weighted by molar-refractivity contribution is 0.00460. The minimum absolute atomic E-state index is 0.0541. The van der Waals surface area contributed by atoms with Crippen LogP contribution in [0.3, 0.4) is 0 Å². The van der Waals surface area contributed by atoms with Gasteiger partial charge in [-0.25, -0.2) is 9.37 Å². The largest absolute Gasteiger partial charge is 0.373 e. The monoisotopic (exact) mass is 490 g/mol. The zero-order chi connectivity index (χ0) is 24.1. The normalized spacial score (nSPS) is 19.7. The predicted octanol–water partition coefficient (Wildman–Crippen LogP) is 5.54. The third kappa shape index (κ3) is 4.02. The molecule has 1 aromatic carbocycles. The molecule has 2 aliphatic rings. The highest BCUT2D eigenvalue weighted by molar-refractivity contribution is 6.30. The van der Waals surface area contributed by atoms with Crippen LogP contribution in [-0.2, 0) is 17.7 Å².